The third kappa shape index (κ3) is 2.80. The van der Waals surface area contributed by atoms with Crippen molar-refractivity contribution in [1.29, 1.82) is 0 Å². The molecule has 0 unspecified atom stereocenters. The maximum atomic E-state index is 12.2. The first kappa shape index (κ1) is 14.1. The van der Waals surface area contributed by atoms with E-state index in [0.717, 1.165) is 49.0 Å². The first-order valence-corrected chi connectivity index (χ1v) is 7.93. The summed E-state index contributed by atoms with van der Waals surface area (Å²) in [4.78, 5) is 25.9. The Balaban J connectivity index is 1.76. The van der Waals surface area contributed by atoms with Crippen molar-refractivity contribution in [2.75, 3.05) is 16.8 Å². The molecule has 0 radical (unpaired) electrons. The molecule has 0 saturated heterocycles. The van der Waals surface area contributed by atoms with Gasteiger partial charge in [-0.2, -0.15) is 0 Å². The lowest BCUT2D eigenvalue weighted by Gasteiger charge is -2.28. The summed E-state index contributed by atoms with van der Waals surface area (Å²) in [5.74, 6) is 0.508. The van der Waals surface area contributed by atoms with Crippen LogP contribution >= 0.6 is 0 Å². The van der Waals surface area contributed by atoms with Crippen LogP contribution in [0.5, 0.6) is 0 Å². The van der Waals surface area contributed by atoms with E-state index in [1.807, 2.05) is 30.0 Å². The van der Waals surface area contributed by atoms with E-state index in [1.54, 1.807) is 0 Å². The monoisotopic (exact) mass is 286 g/mol. The minimum Gasteiger partial charge on any atom is -0.326 e. The quantitative estimate of drug-likeness (QED) is 0.928. The standard InChI is InChI=1S/C17H22N2O2/c1-2-19-15-9-8-14(11-13(15)7-10-16(19)20)18-17(21)12-5-3-4-6-12/h8-9,11-12H,2-7,10H2,1H3,(H,18,21). The maximum absolute atomic E-state index is 12.2. The molecule has 21 heavy (non-hydrogen) atoms. The van der Waals surface area contributed by atoms with Crippen molar-refractivity contribution in [3.63, 3.8) is 0 Å². The Labute approximate surface area is 125 Å². The number of anilines is 2. The lowest BCUT2D eigenvalue weighted by Crippen LogP contribution is -2.34. The fourth-order valence-corrected chi connectivity index (χ4v) is 3.42. The number of aryl methyl sites for hydroxylation is 1. The molecule has 1 fully saturated rings. The van der Waals surface area contributed by atoms with Gasteiger partial charge in [0.05, 0.1) is 0 Å². The van der Waals surface area contributed by atoms with E-state index in [0.29, 0.717) is 13.0 Å². The van der Waals surface area contributed by atoms with Crippen LogP contribution in [-0.2, 0) is 16.0 Å². The van der Waals surface area contributed by atoms with Crippen LogP contribution in [0.15, 0.2) is 18.2 Å². The van der Waals surface area contributed by atoms with Gasteiger partial charge >= 0.3 is 0 Å². The topological polar surface area (TPSA) is 49.4 Å². The van der Waals surface area contributed by atoms with Crippen LogP contribution in [0.4, 0.5) is 11.4 Å². The number of nitrogens with zero attached hydrogens (tertiary/aromatic N) is 1. The Morgan fingerprint density at radius 3 is 2.76 bits per heavy atom. The highest BCUT2D eigenvalue weighted by molar-refractivity contribution is 5.98. The normalized spacial score (nSPS) is 18.7. The van der Waals surface area contributed by atoms with E-state index < -0.39 is 0 Å². The van der Waals surface area contributed by atoms with Gasteiger partial charge in [-0.3, -0.25) is 9.59 Å². The van der Waals surface area contributed by atoms with Gasteiger partial charge in [-0.05, 0) is 49.9 Å². The van der Waals surface area contributed by atoms with Gasteiger partial charge in [0.2, 0.25) is 11.8 Å². The van der Waals surface area contributed by atoms with Crippen molar-refractivity contribution in [1.82, 2.24) is 0 Å². The molecule has 1 aromatic carbocycles. The summed E-state index contributed by atoms with van der Waals surface area (Å²) in [5, 5.41) is 3.04. The highest BCUT2D eigenvalue weighted by Gasteiger charge is 2.25. The second-order valence-electron chi connectivity index (χ2n) is 5.95. The number of carbonyl (C=O) groups excluding carboxylic acids is 2. The molecular formula is C17H22N2O2. The van der Waals surface area contributed by atoms with Gasteiger partial charge in [0.25, 0.3) is 0 Å². The van der Waals surface area contributed by atoms with E-state index >= 15 is 0 Å². The third-order valence-corrected chi connectivity index (χ3v) is 4.59. The van der Waals surface area contributed by atoms with Gasteiger partial charge < -0.3 is 10.2 Å². The van der Waals surface area contributed by atoms with Crippen LogP contribution in [-0.4, -0.2) is 18.4 Å². The molecule has 4 heteroatoms. The van der Waals surface area contributed by atoms with Crippen LogP contribution in [0.25, 0.3) is 0 Å². The zero-order chi connectivity index (χ0) is 14.8. The predicted octanol–water partition coefficient (Wildman–Crippen LogP) is 3.11. The number of nitrogens with one attached hydrogen (secondary N) is 1. The van der Waals surface area contributed by atoms with E-state index in [4.69, 9.17) is 0 Å². The number of hydrogen-bond donors (Lipinski definition) is 1. The molecule has 3 rings (SSSR count). The van der Waals surface area contributed by atoms with Crippen LogP contribution in [0.2, 0.25) is 0 Å². The van der Waals surface area contributed by atoms with Gasteiger partial charge in [0.15, 0.2) is 0 Å². The zero-order valence-electron chi connectivity index (χ0n) is 12.5. The molecule has 2 aliphatic rings. The van der Waals surface area contributed by atoms with Crippen molar-refractivity contribution >= 4 is 23.2 Å². The number of fused-ring (bicyclic) bond motifs is 1. The summed E-state index contributed by atoms with van der Waals surface area (Å²) in [6.07, 6.45) is 5.66. The molecule has 0 aromatic heterocycles. The highest BCUT2D eigenvalue weighted by atomic mass is 16.2. The highest BCUT2D eigenvalue weighted by Crippen LogP contribution is 2.31. The second-order valence-corrected chi connectivity index (χ2v) is 5.95. The Bertz CT molecular complexity index is 562. The van der Waals surface area contributed by atoms with Crippen molar-refractivity contribution in [2.45, 2.75) is 45.4 Å². The lowest BCUT2D eigenvalue weighted by molar-refractivity contribution is -0.120. The molecular weight excluding hydrogens is 264 g/mol. The first-order valence-electron chi connectivity index (χ1n) is 7.93. The van der Waals surface area contributed by atoms with Crippen molar-refractivity contribution in [3.8, 4) is 0 Å². The van der Waals surface area contributed by atoms with Gasteiger partial charge in [-0.25, -0.2) is 0 Å². The molecule has 1 N–H and O–H groups in total. The van der Waals surface area contributed by atoms with Gasteiger partial charge in [0, 0.05) is 30.3 Å². The van der Waals surface area contributed by atoms with Gasteiger partial charge in [-0.15, -0.1) is 0 Å². The number of benzene rings is 1. The predicted molar refractivity (Wildman–Crippen MR) is 83.4 cm³/mol. The summed E-state index contributed by atoms with van der Waals surface area (Å²) >= 11 is 0. The summed E-state index contributed by atoms with van der Waals surface area (Å²) < 4.78 is 0. The van der Waals surface area contributed by atoms with Crippen molar-refractivity contribution in [3.05, 3.63) is 23.8 Å². The van der Waals surface area contributed by atoms with Crippen LogP contribution in [0.3, 0.4) is 0 Å². The van der Waals surface area contributed by atoms with E-state index in [-0.39, 0.29) is 17.7 Å². The fraction of sp³-hybridized carbons (Fsp3) is 0.529. The molecule has 112 valence electrons. The average molecular weight is 286 g/mol. The van der Waals surface area contributed by atoms with Gasteiger partial charge in [0.1, 0.15) is 0 Å². The van der Waals surface area contributed by atoms with Crippen LogP contribution in [0.1, 0.15) is 44.6 Å². The Kier molecular flexibility index (Phi) is 3.95. The zero-order valence-corrected chi connectivity index (χ0v) is 12.5. The number of rotatable bonds is 3. The summed E-state index contributed by atoms with van der Waals surface area (Å²) in [5.41, 5.74) is 3.00. The minimum atomic E-state index is 0.145. The molecule has 0 atom stereocenters. The van der Waals surface area contributed by atoms with E-state index in [2.05, 4.69) is 5.32 Å². The number of hydrogen-bond acceptors (Lipinski definition) is 2. The SMILES string of the molecule is CCN1C(=O)CCc2cc(NC(=O)C3CCCC3)ccc21. The maximum Gasteiger partial charge on any atom is 0.227 e. The summed E-state index contributed by atoms with van der Waals surface area (Å²) in [6.45, 7) is 2.68. The van der Waals surface area contributed by atoms with Crippen LogP contribution in [0, 0.1) is 5.92 Å². The molecule has 2 amide bonds. The van der Waals surface area contributed by atoms with Crippen LogP contribution < -0.4 is 10.2 Å². The smallest absolute Gasteiger partial charge is 0.227 e. The molecule has 1 aromatic rings. The molecule has 0 spiro atoms. The number of carbonyl (C=O) groups is 2. The third-order valence-electron chi connectivity index (χ3n) is 4.59. The summed E-state index contributed by atoms with van der Waals surface area (Å²) in [7, 11) is 0. The number of amides is 2. The van der Waals surface area contributed by atoms with E-state index in [9.17, 15) is 9.59 Å². The average Bonchev–Trinajstić information content (AvgIpc) is 3.02. The molecule has 1 heterocycles. The Hall–Kier alpha value is -1.84. The molecule has 1 aliphatic heterocycles. The largest absolute Gasteiger partial charge is 0.326 e. The van der Waals surface area contributed by atoms with Gasteiger partial charge in [-0.1, -0.05) is 12.8 Å². The minimum absolute atomic E-state index is 0.145. The fourth-order valence-electron chi connectivity index (χ4n) is 3.42. The Morgan fingerprint density at radius 1 is 1.29 bits per heavy atom. The summed E-state index contributed by atoms with van der Waals surface area (Å²) in [6, 6.07) is 5.89. The lowest BCUT2D eigenvalue weighted by atomic mass is 10.00. The molecule has 1 aliphatic carbocycles. The molecule has 4 nitrogen and oxygen atoms in total. The Morgan fingerprint density at radius 2 is 2.05 bits per heavy atom. The van der Waals surface area contributed by atoms with Crippen molar-refractivity contribution < 1.29 is 9.59 Å². The molecule has 0 bridgehead atoms. The first-order chi connectivity index (χ1) is 10.2. The second kappa shape index (κ2) is 5.88. The molecule has 1 saturated carbocycles. The van der Waals surface area contributed by atoms with E-state index in [1.165, 1.54) is 0 Å². The van der Waals surface area contributed by atoms with Crippen molar-refractivity contribution in [2.24, 2.45) is 5.92 Å².